The highest BCUT2D eigenvalue weighted by molar-refractivity contribution is 7.98. The summed E-state index contributed by atoms with van der Waals surface area (Å²) in [6.07, 6.45) is 4.10. The van der Waals surface area contributed by atoms with Gasteiger partial charge in [-0.2, -0.15) is 0 Å². The van der Waals surface area contributed by atoms with Gasteiger partial charge in [-0.05, 0) is 37.3 Å². The average molecular weight is 311 g/mol. The van der Waals surface area contributed by atoms with Crippen molar-refractivity contribution in [1.29, 1.82) is 0 Å². The SMILES string of the molecule is CSc1nc2cc(Cl)ccc2c(=O)n1C[C@@H]1CCCO1. The van der Waals surface area contributed by atoms with Crippen molar-refractivity contribution < 1.29 is 4.74 Å². The maximum Gasteiger partial charge on any atom is 0.262 e. The van der Waals surface area contributed by atoms with Gasteiger partial charge < -0.3 is 4.74 Å². The van der Waals surface area contributed by atoms with Gasteiger partial charge in [-0.15, -0.1) is 0 Å². The number of halogens is 1. The molecule has 0 N–H and O–H groups in total. The van der Waals surface area contributed by atoms with Crippen LogP contribution in [0.15, 0.2) is 28.2 Å². The molecule has 0 unspecified atom stereocenters. The number of nitrogens with zero attached hydrogens (tertiary/aromatic N) is 2. The molecule has 1 aliphatic rings. The molecule has 20 heavy (non-hydrogen) atoms. The molecule has 6 heteroatoms. The lowest BCUT2D eigenvalue weighted by Crippen LogP contribution is -2.28. The van der Waals surface area contributed by atoms with Gasteiger partial charge in [0.15, 0.2) is 5.16 Å². The Labute approximate surface area is 126 Å². The number of benzene rings is 1. The normalized spacial score (nSPS) is 18.8. The lowest BCUT2D eigenvalue weighted by Gasteiger charge is -2.15. The Kier molecular flexibility index (Phi) is 4.01. The largest absolute Gasteiger partial charge is 0.376 e. The second kappa shape index (κ2) is 5.76. The van der Waals surface area contributed by atoms with Gasteiger partial charge in [0.05, 0.1) is 23.6 Å². The van der Waals surface area contributed by atoms with Crippen molar-refractivity contribution in [2.75, 3.05) is 12.9 Å². The quantitative estimate of drug-likeness (QED) is 0.646. The molecular formula is C14H15ClN2O2S. The van der Waals surface area contributed by atoms with Gasteiger partial charge in [0.25, 0.3) is 5.56 Å². The predicted molar refractivity (Wildman–Crippen MR) is 81.8 cm³/mol. The zero-order valence-corrected chi connectivity index (χ0v) is 12.7. The van der Waals surface area contributed by atoms with Crippen LogP contribution in [0, 0.1) is 0 Å². The highest BCUT2D eigenvalue weighted by Crippen LogP contribution is 2.21. The predicted octanol–water partition coefficient (Wildman–Crippen LogP) is 2.95. The minimum Gasteiger partial charge on any atom is -0.376 e. The fourth-order valence-electron chi connectivity index (χ4n) is 2.48. The summed E-state index contributed by atoms with van der Waals surface area (Å²) < 4.78 is 7.34. The van der Waals surface area contributed by atoms with Crippen molar-refractivity contribution in [2.45, 2.75) is 30.6 Å². The Morgan fingerprint density at radius 2 is 2.40 bits per heavy atom. The summed E-state index contributed by atoms with van der Waals surface area (Å²) in [4.78, 5) is 17.2. The number of hydrogen-bond acceptors (Lipinski definition) is 4. The van der Waals surface area contributed by atoms with E-state index >= 15 is 0 Å². The third kappa shape index (κ3) is 2.57. The van der Waals surface area contributed by atoms with Crippen LogP contribution in [0.5, 0.6) is 0 Å². The van der Waals surface area contributed by atoms with Gasteiger partial charge in [0, 0.05) is 11.6 Å². The molecule has 0 spiro atoms. The van der Waals surface area contributed by atoms with E-state index in [-0.39, 0.29) is 11.7 Å². The van der Waals surface area contributed by atoms with Crippen molar-refractivity contribution in [2.24, 2.45) is 0 Å². The molecule has 1 aromatic carbocycles. The van der Waals surface area contributed by atoms with Crippen molar-refractivity contribution in [3.05, 3.63) is 33.6 Å². The molecule has 0 aliphatic carbocycles. The highest BCUT2D eigenvalue weighted by Gasteiger charge is 2.19. The van der Waals surface area contributed by atoms with Gasteiger partial charge in [-0.25, -0.2) is 4.98 Å². The Balaban J connectivity index is 2.11. The average Bonchev–Trinajstić information content (AvgIpc) is 2.94. The maximum atomic E-state index is 12.6. The van der Waals surface area contributed by atoms with Crippen LogP contribution >= 0.6 is 23.4 Å². The summed E-state index contributed by atoms with van der Waals surface area (Å²) in [5.41, 5.74) is 0.627. The van der Waals surface area contributed by atoms with E-state index in [4.69, 9.17) is 16.3 Å². The number of thioether (sulfide) groups is 1. The van der Waals surface area contributed by atoms with Crippen LogP contribution < -0.4 is 5.56 Å². The van der Waals surface area contributed by atoms with E-state index in [1.165, 1.54) is 11.8 Å². The van der Waals surface area contributed by atoms with Crippen molar-refractivity contribution in [3.8, 4) is 0 Å². The molecule has 106 valence electrons. The molecule has 1 fully saturated rings. The molecule has 0 radical (unpaired) electrons. The first-order chi connectivity index (χ1) is 9.69. The first kappa shape index (κ1) is 13.9. The molecule has 4 nitrogen and oxygen atoms in total. The van der Waals surface area contributed by atoms with Gasteiger partial charge in [0.1, 0.15) is 0 Å². The van der Waals surface area contributed by atoms with E-state index in [9.17, 15) is 4.79 Å². The monoisotopic (exact) mass is 310 g/mol. The van der Waals surface area contributed by atoms with Crippen LogP contribution in [0.25, 0.3) is 10.9 Å². The van der Waals surface area contributed by atoms with Crippen LogP contribution in [0.4, 0.5) is 0 Å². The maximum absolute atomic E-state index is 12.6. The van der Waals surface area contributed by atoms with Gasteiger partial charge in [0.2, 0.25) is 0 Å². The fourth-order valence-corrected chi connectivity index (χ4v) is 3.22. The number of rotatable bonds is 3. The van der Waals surface area contributed by atoms with Crippen LogP contribution in [0.1, 0.15) is 12.8 Å². The summed E-state index contributed by atoms with van der Waals surface area (Å²) in [6.45, 7) is 1.35. The molecule has 0 amide bonds. The molecule has 0 saturated carbocycles. The number of aromatic nitrogens is 2. The Hall–Kier alpha value is -1.04. The van der Waals surface area contributed by atoms with Crippen molar-refractivity contribution in [1.82, 2.24) is 9.55 Å². The second-order valence-electron chi connectivity index (χ2n) is 4.81. The van der Waals surface area contributed by atoms with E-state index < -0.39 is 0 Å². The van der Waals surface area contributed by atoms with Crippen molar-refractivity contribution >= 4 is 34.3 Å². The molecular weight excluding hydrogens is 296 g/mol. The summed E-state index contributed by atoms with van der Waals surface area (Å²) in [5.74, 6) is 0. The summed E-state index contributed by atoms with van der Waals surface area (Å²) in [7, 11) is 0. The molecule has 1 aromatic heterocycles. The van der Waals surface area contributed by atoms with E-state index in [1.54, 1.807) is 22.8 Å². The standard InChI is InChI=1S/C14H15ClN2O2S/c1-20-14-16-12-7-9(15)4-5-11(12)13(18)17(14)8-10-3-2-6-19-10/h4-5,7,10H,2-3,6,8H2,1H3/t10-/m0/s1. The van der Waals surface area contributed by atoms with Crippen LogP contribution in [-0.2, 0) is 11.3 Å². The third-order valence-electron chi connectivity index (χ3n) is 3.48. The molecule has 1 aliphatic heterocycles. The lowest BCUT2D eigenvalue weighted by atomic mass is 10.2. The molecule has 1 atom stereocenters. The Morgan fingerprint density at radius 1 is 1.55 bits per heavy atom. The molecule has 0 bridgehead atoms. The topological polar surface area (TPSA) is 44.1 Å². The Morgan fingerprint density at radius 3 is 3.10 bits per heavy atom. The second-order valence-corrected chi connectivity index (χ2v) is 6.02. The van der Waals surface area contributed by atoms with Gasteiger partial charge in [-0.1, -0.05) is 23.4 Å². The summed E-state index contributed by atoms with van der Waals surface area (Å²) in [6, 6.07) is 5.19. The van der Waals surface area contributed by atoms with Gasteiger partial charge >= 0.3 is 0 Å². The Bertz CT molecular complexity index is 695. The molecule has 1 saturated heterocycles. The smallest absolute Gasteiger partial charge is 0.262 e. The van der Waals surface area contributed by atoms with Crippen LogP contribution in [0.3, 0.4) is 0 Å². The fraction of sp³-hybridized carbons (Fsp3) is 0.429. The van der Waals surface area contributed by atoms with Crippen molar-refractivity contribution in [3.63, 3.8) is 0 Å². The zero-order valence-electron chi connectivity index (χ0n) is 11.1. The van der Waals surface area contributed by atoms with E-state index in [0.717, 1.165) is 19.4 Å². The number of ether oxygens (including phenoxy) is 1. The van der Waals surface area contributed by atoms with E-state index in [2.05, 4.69) is 4.98 Å². The third-order valence-corrected chi connectivity index (χ3v) is 4.39. The summed E-state index contributed by atoms with van der Waals surface area (Å²) >= 11 is 7.44. The summed E-state index contributed by atoms with van der Waals surface area (Å²) in [5, 5.41) is 1.90. The lowest BCUT2D eigenvalue weighted by molar-refractivity contribution is 0.0937. The van der Waals surface area contributed by atoms with Gasteiger partial charge in [-0.3, -0.25) is 9.36 Å². The van der Waals surface area contributed by atoms with E-state index in [0.29, 0.717) is 27.6 Å². The molecule has 2 aromatic rings. The first-order valence-electron chi connectivity index (χ1n) is 6.55. The molecule has 3 rings (SSSR count). The minimum atomic E-state index is -0.0217. The number of fused-ring (bicyclic) bond motifs is 1. The minimum absolute atomic E-state index is 0.0217. The molecule has 2 heterocycles. The van der Waals surface area contributed by atoms with Crippen LogP contribution in [0.2, 0.25) is 5.02 Å². The highest BCUT2D eigenvalue weighted by atomic mass is 35.5. The van der Waals surface area contributed by atoms with E-state index in [1.807, 2.05) is 6.26 Å². The first-order valence-corrected chi connectivity index (χ1v) is 8.15. The number of hydrogen-bond donors (Lipinski definition) is 0. The van der Waals surface area contributed by atoms with Crippen LogP contribution in [-0.4, -0.2) is 28.5 Å². The zero-order chi connectivity index (χ0) is 14.1.